The van der Waals surface area contributed by atoms with E-state index in [1.807, 2.05) is 0 Å². The number of anilines is 1. The number of nitrogens with one attached hydrogen (secondary N) is 1. The first-order valence-corrected chi connectivity index (χ1v) is 16.3. The van der Waals surface area contributed by atoms with Gasteiger partial charge in [0.15, 0.2) is 5.65 Å². The Hall–Kier alpha value is -3.27. The minimum atomic E-state index is -4.50. The summed E-state index contributed by atoms with van der Waals surface area (Å²) in [5.41, 5.74) is 1.26. The first-order valence-electron chi connectivity index (χ1n) is 14.8. The van der Waals surface area contributed by atoms with Crippen LogP contribution in [-0.4, -0.2) is 97.8 Å². The van der Waals surface area contributed by atoms with Crippen molar-refractivity contribution >= 4 is 32.8 Å². The number of carbonyl (C=O) groups excluding carboxylic acids is 1. The van der Waals surface area contributed by atoms with Crippen LogP contribution in [0.3, 0.4) is 0 Å². The van der Waals surface area contributed by atoms with Crippen molar-refractivity contribution in [3.8, 4) is 5.69 Å². The van der Waals surface area contributed by atoms with Gasteiger partial charge < -0.3 is 9.64 Å². The van der Waals surface area contributed by atoms with E-state index in [2.05, 4.69) is 19.5 Å². The molecule has 6 rings (SSSR count). The van der Waals surface area contributed by atoms with Crippen LogP contribution in [0.2, 0.25) is 0 Å². The fraction of sp³-hybridized carbons (Fsp3) is 0.552. The van der Waals surface area contributed by atoms with Crippen LogP contribution in [0.5, 0.6) is 0 Å². The Morgan fingerprint density at radius 2 is 1.68 bits per heavy atom. The van der Waals surface area contributed by atoms with Gasteiger partial charge in [0, 0.05) is 52.2 Å². The minimum Gasteiger partial charge on any atom is -0.379 e. The molecule has 1 amide bonds. The molecule has 0 unspecified atom stereocenters. The normalized spacial score (nSPS) is 19.5. The highest BCUT2D eigenvalue weighted by Crippen LogP contribution is 2.43. The van der Waals surface area contributed by atoms with E-state index in [-0.39, 0.29) is 11.6 Å². The Balaban J connectivity index is 1.45. The molecule has 3 aromatic rings. The van der Waals surface area contributed by atoms with Crippen molar-refractivity contribution in [3.63, 3.8) is 0 Å². The van der Waals surface area contributed by atoms with Gasteiger partial charge in [-0.2, -0.15) is 31.0 Å². The highest BCUT2D eigenvalue weighted by molar-refractivity contribution is 7.87. The van der Waals surface area contributed by atoms with E-state index in [0.717, 1.165) is 78.4 Å². The molecular weight excluding hydrogens is 599 g/mol. The lowest BCUT2D eigenvalue weighted by Gasteiger charge is -2.41. The van der Waals surface area contributed by atoms with Gasteiger partial charge in [-0.05, 0) is 56.0 Å². The largest absolute Gasteiger partial charge is 0.416 e. The number of aromatic nitrogens is 3. The Bertz CT molecular complexity index is 1630. The van der Waals surface area contributed by atoms with E-state index in [0.29, 0.717) is 43.7 Å². The maximum atomic E-state index is 13.3. The third-order valence-corrected chi connectivity index (χ3v) is 10.3. The zero-order valence-electron chi connectivity index (χ0n) is 24.7. The van der Waals surface area contributed by atoms with Gasteiger partial charge in [-0.1, -0.05) is 6.42 Å². The van der Waals surface area contributed by atoms with E-state index in [1.165, 1.54) is 30.9 Å². The molecule has 11 nitrogen and oxygen atoms in total. The number of pyridine rings is 1. The fourth-order valence-corrected chi connectivity index (χ4v) is 6.62. The highest BCUT2D eigenvalue weighted by Gasteiger charge is 2.34. The quantitative estimate of drug-likeness (QED) is 0.420. The summed E-state index contributed by atoms with van der Waals surface area (Å²) in [6.45, 7) is 4.61. The zero-order chi connectivity index (χ0) is 31.2. The lowest BCUT2D eigenvalue weighted by Crippen LogP contribution is -2.49. The van der Waals surface area contributed by atoms with Gasteiger partial charge in [-0.25, -0.2) is 14.4 Å². The van der Waals surface area contributed by atoms with Crippen molar-refractivity contribution in [2.24, 2.45) is 0 Å². The van der Waals surface area contributed by atoms with Crippen LogP contribution in [0.25, 0.3) is 16.7 Å². The Kier molecular flexibility index (Phi) is 8.32. The van der Waals surface area contributed by atoms with E-state index in [4.69, 9.17) is 9.84 Å². The van der Waals surface area contributed by atoms with E-state index >= 15 is 0 Å². The second-order valence-electron chi connectivity index (χ2n) is 11.8. The average molecular weight is 636 g/mol. The van der Waals surface area contributed by atoms with Crippen LogP contribution in [0.4, 0.5) is 18.9 Å². The Morgan fingerprint density at radius 1 is 1.02 bits per heavy atom. The molecule has 1 aromatic carbocycles. The van der Waals surface area contributed by atoms with Crippen molar-refractivity contribution in [1.82, 2.24) is 28.7 Å². The molecule has 1 N–H and O–H groups in total. The predicted molar refractivity (Wildman–Crippen MR) is 158 cm³/mol. The van der Waals surface area contributed by atoms with Crippen LogP contribution in [-0.2, 0) is 21.1 Å². The maximum absolute atomic E-state index is 13.3. The molecule has 2 saturated heterocycles. The molecule has 0 bridgehead atoms. The average Bonchev–Trinajstić information content (AvgIpc) is 3.34. The number of piperidine rings is 1. The summed E-state index contributed by atoms with van der Waals surface area (Å²) in [4.78, 5) is 22.6. The van der Waals surface area contributed by atoms with Crippen LogP contribution >= 0.6 is 0 Å². The summed E-state index contributed by atoms with van der Waals surface area (Å²) < 4.78 is 75.0. The molecule has 0 spiro atoms. The molecule has 3 fully saturated rings. The number of fused-ring (bicyclic) bond motifs is 1. The summed E-state index contributed by atoms with van der Waals surface area (Å²) in [5.74, 6) is -0.760. The maximum Gasteiger partial charge on any atom is 0.416 e. The fourth-order valence-electron chi connectivity index (χ4n) is 6.10. The topological polar surface area (TPSA) is 113 Å². The number of hydrogen-bond acceptors (Lipinski definition) is 8. The first kappa shape index (κ1) is 30.7. The molecule has 4 heterocycles. The lowest BCUT2D eigenvalue weighted by molar-refractivity contribution is -0.137. The third-order valence-electron chi connectivity index (χ3n) is 8.88. The molecule has 44 heavy (non-hydrogen) atoms. The Labute approximate surface area is 254 Å². The van der Waals surface area contributed by atoms with Gasteiger partial charge in [0.25, 0.3) is 5.91 Å². The molecule has 2 aliphatic heterocycles. The molecular formula is C29H36F3N7O4S. The number of rotatable bonds is 7. The molecule has 3 aliphatic rings. The number of morpholine rings is 1. The molecule has 1 aliphatic carbocycles. The lowest BCUT2D eigenvalue weighted by atomic mass is 9.82. The van der Waals surface area contributed by atoms with Crippen LogP contribution in [0, 0.1) is 0 Å². The number of nitrogens with zero attached hydrogens (tertiary/aromatic N) is 6. The SMILES string of the molecule is CN(C)S(=O)(=O)NC(=O)c1cc(N2CCC(N3CCOCC3)CC2)c2c(C3CCC3)nn(-c3ccc(C(F)(F)F)cc3)c2n1. The van der Waals surface area contributed by atoms with E-state index in [1.54, 1.807) is 6.07 Å². The molecule has 2 aromatic heterocycles. The monoisotopic (exact) mass is 635 g/mol. The van der Waals surface area contributed by atoms with Crippen LogP contribution in [0.1, 0.15) is 59.8 Å². The van der Waals surface area contributed by atoms with Crippen molar-refractivity contribution in [1.29, 1.82) is 0 Å². The van der Waals surface area contributed by atoms with Gasteiger partial charge >= 0.3 is 16.4 Å². The third kappa shape index (κ3) is 6.02. The summed E-state index contributed by atoms with van der Waals surface area (Å²) in [7, 11) is -1.49. The predicted octanol–water partition coefficient (Wildman–Crippen LogP) is 3.54. The standard InChI is InChI=1S/C29H36F3N7O4S/c1-36(2)44(41,42)35-28(40)23-18-24(38-12-10-21(11-13-38)37-14-16-43-17-15-37)25-26(19-4-3-5-19)34-39(27(25)33-23)22-8-6-20(7-9-22)29(30,31)32/h6-9,18-19,21H,3-5,10-17H2,1-2H3,(H,35,40). The number of amides is 1. The summed E-state index contributed by atoms with van der Waals surface area (Å²) in [6, 6.07) is 6.67. The van der Waals surface area contributed by atoms with Gasteiger partial charge in [0.05, 0.1) is 41.2 Å². The number of halogens is 3. The van der Waals surface area contributed by atoms with Crippen molar-refractivity contribution in [2.75, 3.05) is 58.4 Å². The molecule has 1 saturated carbocycles. The van der Waals surface area contributed by atoms with Gasteiger partial charge in [-0.3, -0.25) is 9.69 Å². The number of ether oxygens (including phenoxy) is 1. The van der Waals surface area contributed by atoms with Crippen molar-refractivity contribution < 1.29 is 31.1 Å². The first-order chi connectivity index (χ1) is 20.9. The second-order valence-corrected chi connectivity index (χ2v) is 13.7. The Morgan fingerprint density at radius 3 is 2.25 bits per heavy atom. The number of benzene rings is 1. The molecule has 0 atom stereocenters. The smallest absolute Gasteiger partial charge is 0.379 e. The number of carbonyl (C=O) groups is 1. The zero-order valence-corrected chi connectivity index (χ0v) is 25.5. The van der Waals surface area contributed by atoms with Crippen LogP contribution < -0.4 is 9.62 Å². The highest BCUT2D eigenvalue weighted by atomic mass is 32.2. The van der Waals surface area contributed by atoms with Crippen molar-refractivity contribution in [3.05, 3.63) is 47.3 Å². The van der Waals surface area contributed by atoms with Gasteiger partial charge in [0.2, 0.25) is 0 Å². The summed E-state index contributed by atoms with van der Waals surface area (Å²) in [5, 5.41) is 5.63. The van der Waals surface area contributed by atoms with Crippen molar-refractivity contribution in [2.45, 2.75) is 50.2 Å². The van der Waals surface area contributed by atoms with E-state index in [9.17, 15) is 26.4 Å². The van der Waals surface area contributed by atoms with Gasteiger partial charge in [-0.15, -0.1) is 0 Å². The minimum absolute atomic E-state index is 0.124. The van der Waals surface area contributed by atoms with Crippen LogP contribution in [0.15, 0.2) is 30.3 Å². The summed E-state index contributed by atoms with van der Waals surface area (Å²) >= 11 is 0. The number of hydrogen-bond donors (Lipinski definition) is 1. The van der Waals surface area contributed by atoms with E-state index < -0.39 is 27.9 Å². The molecule has 238 valence electrons. The summed E-state index contributed by atoms with van der Waals surface area (Å²) in [6.07, 6.45) is 0.167. The molecule has 15 heteroatoms. The molecule has 0 radical (unpaired) electrons. The second kappa shape index (κ2) is 11.9. The van der Waals surface area contributed by atoms with Gasteiger partial charge in [0.1, 0.15) is 5.69 Å². The number of alkyl halides is 3.